The van der Waals surface area contributed by atoms with Gasteiger partial charge in [0, 0.05) is 36.6 Å². The molecule has 2 aromatic carbocycles. The van der Waals surface area contributed by atoms with Gasteiger partial charge in [-0.1, -0.05) is 0 Å². The van der Waals surface area contributed by atoms with Crippen LogP contribution >= 0.6 is 0 Å². The summed E-state index contributed by atoms with van der Waals surface area (Å²) in [6, 6.07) is 11.1. The fourth-order valence-electron chi connectivity index (χ4n) is 2.81. The van der Waals surface area contributed by atoms with Gasteiger partial charge in [0.2, 0.25) is 0 Å². The third-order valence-electron chi connectivity index (χ3n) is 4.48. The number of alkyl halides is 3. The molecule has 3 rings (SSSR count). The number of amides is 2. The zero-order valence-corrected chi connectivity index (χ0v) is 17.9. The lowest BCUT2D eigenvalue weighted by atomic mass is 10.1. The quantitative estimate of drug-likeness (QED) is 0.396. The molecule has 3 aromatic rings. The van der Waals surface area contributed by atoms with Crippen molar-refractivity contribution in [3.05, 3.63) is 77.6 Å². The first-order valence-electron chi connectivity index (χ1n) is 9.68. The highest BCUT2D eigenvalue weighted by Crippen LogP contribution is 2.34. The Kier molecular flexibility index (Phi) is 7.15. The third kappa shape index (κ3) is 5.88. The summed E-state index contributed by atoms with van der Waals surface area (Å²) in [4.78, 5) is 40.4. The molecule has 0 aliphatic rings. The molecule has 2 amide bonds. The zero-order chi connectivity index (χ0) is 24.9. The third-order valence-corrected chi connectivity index (χ3v) is 4.48. The molecule has 0 spiro atoms. The monoisotopic (exact) mass is 473 g/mol. The van der Waals surface area contributed by atoms with Crippen molar-refractivity contribution in [1.82, 2.24) is 10.3 Å². The number of pyridine rings is 1. The second-order valence-corrected chi connectivity index (χ2v) is 6.81. The minimum atomic E-state index is -4.66. The van der Waals surface area contributed by atoms with Crippen LogP contribution in [0.15, 0.2) is 60.8 Å². The first-order chi connectivity index (χ1) is 16.1. The first kappa shape index (κ1) is 24.2. The number of Topliss-reactive ketones (excluding diaryl/α,β-unsaturated/α-hetero) is 1. The zero-order valence-electron chi connectivity index (χ0n) is 17.9. The van der Waals surface area contributed by atoms with Crippen molar-refractivity contribution in [3.8, 4) is 17.2 Å². The fourth-order valence-corrected chi connectivity index (χ4v) is 2.81. The molecular formula is C23H18F3N3O5. The van der Waals surface area contributed by atoms with Crippen molar-refractivity contribution < 1.29 is 37.0 Å². The Balaban J connectivity index is 1.71. The highest BCUT2D eigenvalue weighted by molar-refractivity contribution is 6.46. The minimum Gasteiger partial charge on any atom is -0.497 e. The van der Waals surface area contributed by atoms with Crippen molar-refractivity contribution in [2.45, 2.75) is 6.18 Å². The van der Waals surface area contributed by atoms with Crippen LogP contribution in [0.3, 0.4) is 0 Å². The van der Waals surface area contributed by atoms with Gasteiger partial charge in [0.1, 0.15) is 22.9 Å². The van der Waals surface area contributed by atoms with Crippen LogP contribution in [0.5, 0.6) is 17.2 Å². The highest BCUT2D eigenvalue weighted by atomic mass is 19.4. The van der Waals surface area contributed by atoms with Gasteiger partial charge in [0.25, 0.3) is 17.6 Å². The summed E-state index contributed by atoms with van der Waals surface area (Å²) in [5.41, 5.74) is -1.14. The summed E-state index contributed by atoms with van der Waals surface area (Å²) in [6.45, 7) is 0. The molecule has 0 bridgehead atoms. The molecule has 34 heavy (non-hydrogen) atoms. The van der Waals surface area contributed by atoms with Gasteiger partial charge >= 0.3 is 6.18 Å². The maximum Gasteiger partial charge on any atom is 0.416 e. The van der Waals surface area contributed by atoms with Crippen LogP contribution in [-0.2, 0) is 11.0 Å². The number of nitrogens with one attached hydrogen (secondary N) is 2. The van der Waals surface area contributed by atoms with Gasteiger partial charge in [-0.15, -0.1) is 0 Å². The van der Waals surface area contributed by atoms with E-state index in [2.05, 4.69) is 15.6 Å². The van der Waals surface area contributed by atoms with E-state index in [4.69, 9.17) is 9.47 Å². The number of methoxy groups -OCH3 is 1. The summed E-state index contributed by atoms with van der Waals surface area (Å²) in [5, 5.41) is 4.60. The van der Waals surface area contributed by atoms with Crippen molar-refractivity contribution in [3.63, 3.8) is 0 Å². The summed E-state index contributed by atoms with van der Waals surface area (Å²) in [5.74, 6) is -1.98. The lowest BCUT2D eigenvalue weighted by molar-refractivity contribution is -0.137. The van der Waals surface area contributed by atoms with Gasteiger partial charge in [0.15, 0.2) is 0 Å². The molecule has 0 aliphatic carbocycles. The number of halogens is 3. The van der Waals surface area contributed by atoms with E-state index in [-0.39, 0.29) is 22.7 Å². The normalized spacial score (nSPS) is 10.9. The largest absolute Gasteiger partial charge is 0.497 e. The highest BCUT2D eigenvalue weighted by Gasteiger charge is 2.32. The maximum atomic E-state index is 13.0. The Hall–Kier alpha value is -4.41. The number of hydrogen-bond donors (Lipinski definition) is 2. The molecule has 0 fully saturated rings. The number of nitrogens with zero attached hydrogens (tertiary/aromatic N) is 1. The van der Waals surface area contributed by atoms with E-state index < -0.39 is 29.3 Å². The minimum absolute atomic E-state index is 0.00966. The van der Waals surface area contributed by atoms with Crippen molar-refractivity contribution in [2.24, 2.45) is 0 Å². The molecule has 0 atom stereocenters. The fraction of sp³-hybridized carbons (Fsp3) is 0.130. The van der Waals surface area contributed by atoms with Crippen LogP contribution in [0.1, 0.15) is 26.4 Å². The van der Waals surface area contributed by atoms with Gasteiger partial charge in [-0.2, -0.15) is 13.2 Å². The van der Waals surface area contributed by atoms with E-state index in [1.54, 1.807) is 0 Å². The molecule has 0 saturated carbocycles. The summed E-state index contributed by atoms with van der Waals surface area (Å²) < 4.78 is 49.6. The summed E-state index contributed by atoms with van der Waals surface area (Å²) >= 11 is 0. The maximum absolute atomic E-state index is 13.0. The van der Waals surface area contributed by atoms with Crippen molar-refractivity contribution >= 4 is 23.3 Å². The van der Waals surface area contributed by atoms with Gasteiger partial charge in [0.05, 0.1) is 12.7 Å². The number of carbonyl (C=O) groups excluding carboxylic acids is 3. The number of ketones is 1. The number of rotatable bonds is 7. The number of aromatic nitrogens is 1. The average molecular weight is 473 g/mol. The molecule has 2 N–H and O–H groups in total. The molecule has 0 radical (unpaired) electrons. The smallest absolute Gasteiger partial charge is 0.416 e. The first-order valence-corrected chi connectivity index (χ1v) is 9.68. The van der Waals surface area contributed by atoms with Crippen LogP contribution in [0.2, 0.25) is 0 Å². The number of benzene rings is 2. The lowest BCUT2D eigenvalue weighted by Crippen LogP contribution is -2.23. The second kappa shape index (κ2) is 10.0. The molecule has 11 heteroatoms. The lowest BCUT2D eigenvalue weighted by Gasteiger charge is -2.12. The summed E-state index contributed by atoms with van der Waals surface area (Å²) in [6.07, 6.45) is -3.27. The molecule has 0 unspecified atom stereocenters. The number of carbonyl (C=O) groups is 3. The molecule has 0 saturated heterocycles. The van der Waals surface area contributed by atoms with Gasteiger partial charge in [-0.05, 0) is 42.5 Å². The van der Waals surface area contributed by atoms with E-state index >= 15 is 0 Å². The van der Waals surface area contributed by atoms with Crippen LogP contribution in [0.4, 0.5) is 18.9 Å². The standard InChI is InChI=1S/C23H18F3N3O5/c1-27-21(31)19-12-17(7-8-28-19)34-16-5-3-13(4-6-16)20(30)22(32)29-15-9-14(23(24,25)26)10-18(11-15)33-2/h3-12H,1-2H3,(H,27,31)(H,29,32). The second-order valence-electron chi connectivity index (χ2n) is 6.81. The predicted molar refractivity (Wildman–Crippen MR) is 115 cm³/mol. The van der Waals surface area contributed by atoms with Gasteiger partial charge in [-0.3, -0.25) is 19.4 Å². The Morgan fingerprint density at radius 1 is 0.912 bits per heavy atom. The Morgan fingerprint density at radius 3 is 2.24 bits per heavy atom. The van der Waals surface area contributed by atoms with Gasteiger partial charge < -0.3 is 20.1 Å². The van der Waals surface area contributed by atoms with Gasteiger partial charge in [-0.25, -0.2) is 0 Å². The molecule has 1 aromatic heterocycles. The van der Waals surface area contributed by atoms with E-state index in [0.717, 1.165) is 6.07 Å². The average Bonchev–Trinajstić information content (AvgIpc) is 2.82. The molecule has 176 valence electrons. The van der Waals surface area contributed by atoms with E-state index in [0.29, 0.717) is 17.6 Å². The van der Waals surface area contributed by atoms with Crippen LogP contribution in [0.25, 0.3) is 0 Å². The molecule has 8 nitrogen and oxygen atoms in total. The Labute approximate surface area is 191 Å². The molecule has 0 aliphatic heterocycles. The summed E-state index contributed by atoms with van der Waals surface area (Å²) in [7, 11) is 2.65. The van der Waals surface area contributed by atoms with Crippen LogP contribution < -0.4 is 20.1 Å². The number of hydrogen-bond acceptors (Lipinski definition) is 6. The van der Waals surface area contributed by atoms with E-state index in [1.165, 1.54) is 62.8 Å². The van der Waals surface area contributed by atoms with E-state index in [9.17, 15) is 27.6 Å². The van der Waals surface area contributed by atoms with Crippen molar-refractivity contribution in [1.29, 1.82) is 0 Å². The Bertz CT molecular complexity index is 1230. The molecular weight excluding hydrogens is 455 g/mol. The van der Waals surface area contributed by atoms with Crippen LogP contribution in [0, 0.1) is 0 Å². The SMILES string of the molecule is CNC(=O)c1cc(Oc2ccc(C(=O)C(=O)Nc3cc(OC)cc(C(F)(F)F)c3)cc2)ccn1. The molecule has 1 heterocycles. The number of anilines is 1. The predicted octanol–water partition coefficient (Wildman–Crippen LogP) is 4.08. The Morgan fingerprint density at radius 2 is 1.62 bits per heavy atom. The van der Waals surface area contributed by atoms with E-state index in [1.807, 2.05) is 0 Å². The topological polar surface area (TPSA) is 107 Å². The number of ether oxygens (including phenoxy) is 2. The van der Waals surface area contributed by atoms with Crippen LogP contribution in [-0.4, -0.2) is 36.7 Å². The van der Waals surface area contributed by atoms with Crippen molar-refractivity contribution in [2.75, 3.05) is 19.5 Å².